The zero-order valence-corrected chi connectivity index (χ0v) is 18.5. The van der Waals surface area contributed by atoms with Crippen LogP contribution in [0.15, 0.2) is 60.3 Å². The molecular formula is C21H19Cl2FN4OS. The van der Waals surface area contributed by atoms with Crippen molar-refractivity contribution >= 4 is 40.9 Å². The summed E-state index contributed by atoms with van der Waals surface area (Å²) in [5.41, 5.74) is 1.23. The number of hydrogen-bond acceptors (Lipinski definition) is 4. The Balaban J connectivity index is 1.70. The van der Waals surface area contributed by atoms with Gasteiger partial charge in [-0.1, -0.05) is 59.2 Å². The van der Waals surface area contributed by atoms with E-state index >= 15 is 0 Å². The predicted molar refractivity (Wildman–Crippen MR) is 119 cm³/mol. The summed E-state index contributed by atoms with van der Waals surface area (Å²) in [4.78, 5) is 14.2. The number of nitrogens with zero attached hydrogens (tertiary/aromatic N) is 4. The van der Waals surface area contributed by atoms with Crippen molar-refractivity contribution in [3.63, 3.8) is 0 Å². The van der Waals surface area contributed by atoms with E-state index in [-0.39, 0.29) is 17.5 Å². The highest BCUT2D eigenvalue weighted by Crippen LogP contribution is 2.27. The largest absolute Gasteiger partial charge is 0.341 e. The molecule has 0 saturated carbocycles. The van der Waals surface area contributed by atoms with Crippen LogP contribution < -0.4 is 0 Å². The third kappa shape index (κ3) is 5.22. The molecule has 1 aromatic heterocycles. The fraction of sp³-hybridized carbons (Fsp3) is 0.190. The maximum Gasteiger partial charge on any atom is 0.233 e. The topological polar surface area (TPSA) is 51.0 Å². The minimum absolute atomic E-state index is 0.0910. The van der Waals surface area contributed by atoms with E-state index in [4.69, 9.17) is 23.2 Å². The van der Waals surface area contributed by atoms with Crippen LogP contribution in [0.25, 0.3) is 11.4 Å². The molecule has 3 rings (SSSR count). The van der Waals surface area contributed by atoms with Crippen molar-refractivity contribution in [1.29, 1.82) is 0 Å². The fourth-order valence-corrected chi connectivity index (χ4v) is 3.98. The van der Waals surface area contributed by atoms with Crippen molar-refractivity contribution in [3.05, 3.63) is 76.5 Å². The molecule has 0 unspecified atom stereocenters. The lowest BCUT2D eigenvalue weighted by Gasteiger charge is -2.17. The van der Waals surface area contributed by atoms with Crippen LogP contribution >= 0.6 is 35.0 Å². The summed E-state index contributed by atoms with van der Waals surface area (Å²) in [6.07, 6.45) is 1.68. The van der Waals surface area contributed by atoms with E-state index in [1.165, 1.54) is 17.8 Å². The van der Waals surface area contributed by atoms with Gasteiger partial charge < -0.3 is 4.90 Å². The van der Waals surface area contributed by atoms with Gasteiger partial charge in [0.2, 0.25) is 5.91 Å². The number of thioether (sulfide) groups is 1. The van der Waals surface area contributed by atoms with E-state index in [9.17, 15) is 9.18 Å². The number of carbonyl (C=O) groups excluding carboxylic acids is 1. The summed E-state index contributed by atoms with van der Waals surface area (Å²) in [5, 5.41) is 9.71. The Morgan fingerprint density at radius 1 is 1.23 bits per heavy atom. The summed E-state index contributed by atoms with van der Waals surface area (Å²) in [5.74, 6) is 0.0765. The molecule has 0 atom stereocenters. The maximum absolute atomic E-state index is 14.2. The van der Waals surface area contributed by atoms with Gasteiger partial charge in [0.15, 0.2) is 11.0 Å². The normalized spacial score (nSPS) is 10.8. The molecule has 3 aromatic rings. The Morgan fingerprint density at radius 2 is 2.00 bits per heavy atom. The van der Waals surface area contributed by atoms with Gasteiger partial charge in [0.1, 0.15) is 5.82 Å². The second-order valence-corrected chi connectivity index (χ2v) is 8.23. The molecule has 0 radical (unpaired) electrons. The molecule has 0 aliphatic heterocycles. The number of halogens is 3. The lowest BCUT2D eigenvalue weighted by Crippen LogP contribution is -2.27. The van der Waals surface area contributed by atoms with Crippen LogP contribution in [0.1, 0.15) is 5.56 Å². The third-order valence-corrected chi connectivity index (χ3v) is 5.99. The van der Waals surface area contributed by atoms with Gasteiger partial charge in [-0.25, -0.2) is 4.39 Å². The zero-order valence-electron chi connectivity index (χ0n) is 16.2. The maximum atomic E-state index is 14.2. The first-order valence-corrected chi connectivity index (χ1v) is 10.7. The third-order valence-electron chi connectivity index (χ3n) is 4.30. The standard InChI is InChI=1S/C21H19Cl2FN4OS/c1-3-10-28-20(15-6-4-5-7-18(15)24)25-26-21(28)30-13-19(29)27(2)12-14-8-9-16(22)17(23)11-14/h3-9,11H,1,10,12-13H2,2H3. The number of rotatable bonds is 8. The molecule has 0 aliphatic rings. The number of allylic oxidation sites excluding steroid dienone is 1. The molecule has 0 N–H and O–H groups in total. The average molecular weight is 465 g/mol. The Bertz CT molecular complexity index is 1070. The lowest BCUT2D eigenvalue weighted by atomic mass is 10.2. The van der Waals surface area contributed by atoms with Gasteiger partial charge in [0, 0.05) is 20.1 Å². The highest BCUT2D eigenvalue weighted by molar-refractivity contribution is 7.99. The first-order chi connectivity index (χ1) is 14.4. The van der Waals surface area contributed by atoms with Gasteiger partial charge in [-0.2, -0.15) is 0 Å². The van der Waals surface area contributed by atoms with Gasteiger partial charge >= 0.3 is 0 Å². The molecule has 0 spiro atoms. The molecule has 0 aliphatic carbocycles. The smallest absolute Gasteiger partial charge is 0.233 e. The summed E-state index contributed by atoms with van der Waals surface area (Å²) in [6, 6.07) is 11.6. The molecular weight excluding hydrogens is 446 g/mol. The van der Waals surface area contributed by atoms with Crippen LogP contribution in [-0.4, -0.2) is 38.4 Å². The molecule has 9 heteroatoms. The monoisotopic (exact) mass is 464 g/mol. The first-order valence-electron chi connectivity index (χ1n) is 9.00. The lowest BCUT2D eigenvalue weighted by molar-refractivity contribution is -0.127. The van der Waals surface area contributed by atoms with Gasteiger partial charge in [-0.05, 0) is 29.8 Å². The number of amides is 1. The second-order valence-electron chi connectivity index (χ2n) is 6.47. The van der Waals surface area contributed by atoms with Crippen LogP contribution in [-0.2, 0) is 17.9 Å². The Morgan fingerprint density at radius 3 is 2.70 bits per heavy atom. The van der Waals surface area contributed by atoms with E-state index in [2.05, 4.69) is 16.8 Å². The van der Waals surface area contributed by atoms with Crippen LogP contribution in [0, 0.1) is 5.82 Å². The summed E-state index contributed by atoms with van der Waals surface area (Å²) < 4.78 is 15.9. The van der Waals surface area contributed by atoms with Crippen molar-refractivity contribution in [2.24, 2.45) is 0 Å². The van der Waals surface area contributed by atoms with Crippen LogP contribution in [0.3, 0.4) is 0 Å². The van der Waals surface area contributed by atoms with Crippen molar-refractivity contribution in [2.45, 2.75) is 18.2 Å². The highest BCUT2D eigenvalue weighted by Gasteiger charge is 2.18. The number of benzene rings is 2. The number of aromatic nitrogens is 3. The molecule has 5 nitrogen and oxygen atoms in total. The molecule has 2 aromatic carbocycles. The van der Waals surface area contributed by atoms with Crippen LogP contribution in [0.5, 0.6) is 0 Å². The van der Waals surface area contributed by atoms with Crippen molar-refractivity contribution < 1.29 is 9.18 Å². The minimum atomic E-state index is -0.385. The Hall–Kier alpha value is -2.35. The van der Waals surface area contributed by atoms with Crippen LogP contribution in [0.4, 0.5) is 4.39 Å². The van der Waals surface area contributed by atoms with Crippen LogP contribution in [0.2, 0.25) is 10.0 Å². The van der Waals surface area contributed by atoms with Gasteiger partial charge in [0.25, 0.3) is 0 Å². The number of hydrogen-bond donors (Lipinski definition) is 0. The molecule has 0 fully saturated rings. The van der Waals surface area contributed by atoms with E-state index < -0.39 is 0 Å². The Kier molecular flexibility index (Phi) is 7.53. The quantitative estimate of drug-likeness (QED) is 0.334. The number of carbonyl (C=O) groups is 1. The van der Waals surface area contributed by atoms with Gasteiger partial charge in [-0.15, -0.1) is 16.8 Å². The summed E-state index contributed by atoms with van der Waals surface area (Å²) >= 11 is 13.2. The van der Waals surface area contributed by atoms with Gasteiger partial charge in [0.05, 0.1) is 21.4 Å². The molecule has 1 amide bonds. The molecule has 0 bridgehead atoms. The predicted octanol–water partition coefficient (Wildman–Crippen LogP) is 5.33. The fourth-order valence-electron chi connectivity index (χ4n) is 2.77. The summed E-state index contributed by atoms with van der Waals surface area (Å²) in [6.45, 7) is 4.54. The van der Waals surface area contributed by atoms with E-state index in [0.29, 0.717) is 39.7 Å². The first kappa shape index (κ1) is 22.3. The molecule has 0 saturated heterocycles. The van der Waals surface area contributed by atoms with Gasteiger partial charge in [-0.3, -0.25) is 9.36 Å². The average Bonchev–Trinajstić information content (AvgIpc) is 3.12. The highest BCUT2D eigenvalue weighted by atomic mass is 35.5. The van der Waals surface area contributed by atoms with E-state index in [1.54, 1.807) is 52.9 Å². The second kappa shape index (κ2) is 10.1. The van der Waals surface area contributed by atoms with E-state index in [1.807, 2.05) is 6.07 Å². The Labute approximate surface area is 188 Å². The molecule has 156 valence electrons. The molecule has 1 heterocycles. The SMILES string of the molecule is C=CCn1c(SCC(=O)N(C)Cc2ccc(Cl)c(Cl)c2)nnc1-c1ccccc1F. The minimum Gasteiger partial charge on any atom is -0.341 e. The zero-order chi connectivity index (χ0) is 21.7. The van der Waals surface area contributed by atoms with Crippen molar-refractivity contribution in [2.75, 3.05) is 12.8 Å². The van der Waals surface area contributed by atoms with Crippen molar-refractivity contribution in [3.8, 4) is 11.4 Å². The van der Waals surface area contributed by atoms with E-state index in [0.717, 1.165) is 5.56 Å². The summed E-state index contributed by atoms with van der Waals surface area (Å²) in [7, 11) is 1.71. The molecule has 30 heavy (non-hydrogen) atoms. The van der Waals surface area contributed by atoms with Crippen molar-refractivity contribution in [1.82, 2.24) is 19.7 Å².